The lowest BCUT2D eigenvalue weighted by Gasteiger charge is -2.28. The zero-order valence-corrected chi connectivity index (χ0v) is 12.0. The van der Waals surface area contributed by atoms with Gasteiger partial charge in [0, 0.05) is 11.6 Å². The van der Waals surface area contributed by atoms with E-state index in [1.54, 1.807) is 7.11 Å². The van der Waals surface area contributed by atoms with Crippen molar-refractivity contribution in [3.63, 3.8) is 0 Å². The number of rotatable bonds is 1. The van der Waals surface area contributed by atoms with Crippen LogP contribution in [0.25, 0.3) is 5.57 Å². The summed E-state index contributed by atoms with van der Waals surface area (Å²) in [5, 5.41) is 0. The number of hydrogen-bond acceptors (Lipinski definition) is 1. The van der Waals surface area contributed by atoms with Crippen molar-refractivity contribution in [3.8, 4) is 0 Å². The molecule has 21 heavy (non-hydrogen) atoms. The predicted octanol–water partition coefficient (Wildman–Crippen LogP) is 4.80. The van der Waals surface area contributed by atoms with Crippen molar-refractivity contribution in [1.29, 1.82) is 0 Å². The molecule has 0 heterocycles. The minimum Gasteiger partial charge on any atom is -0.497 e. The number of benzene rings is 1. The highest BCUT2D eigenvalue weighted by atomic mass is 19.1. The van der Waals surface area contributed by atoms with Crippen LogP contribution in [-0.2, 0) is 4.74 Å². The molecule has 0 radical (unpaired) electrons. The zero-order valence-electron chi connectivity index (χ0n) is 12.0. The first-order chi connectivity index (χ1) is 10.2. The molecule has 0 saturated heterocycles. The van der Waals surface area contributed by atoms with Crippen LogP contribution in [0.5, 0.6) is 0 Å². The Hall–Kier alpha value is -1.64. The Balaban J connectivity index is 1.91. The fraction of sp³-hybridized carbons (Fsp3) is 0.444. The molecule has 0 N–H and O–H groups in total. The lowest BCUT2D eigenvalue weighted by molar-refractivity contribution is 0.301. The van der Waals surface area contributed by atoms with E-state index in [9.17, 15) is 8.78 Å². The van der Waals surface area contributed by atoms with Crippen molar-refractivity contribution in [2.75, 3.05) is 7.11 Å². The van der Waals surface area contributed by atoms with Crippen molar-refractivity contribution < 1.29 is 13.5 Å². The van der Waals surface area contributed by atoms with Crippen LogP contribution in [0.1, 0.15) is 42.7 Å². The van der Waals surface area contributed by atoms with Gasteiger partial charge in [0.2, 0.25) is 0 Å². The molecule has 1 fully saturated rings. The summed E-state index contributed by atoms with van der Waals surface area (Å²) in [6.45, 7) is 0. The average molecular weight is 288 g/mol. The van der Waals surface area contributed by atoms with Gasteiger partial charge in [-0.3, -0.25) is 0 Å². The summed E-state index contributed by atoms with van der Waals surface area (Å²) >= 11 is 0. The van der Waals surface area contributed by atoms with Crippen LogP contribution in [0.3, 0.4) is 0 Å². The van der Waals surface area contributed by atoms with Crippen LogP contribution in [-0.4, -0.2) is 7.11 Å². The van der Waals surface area contributed by atoms with E-state index in [0.717, 1.165) is 48.6 Å². The number of methoxy groups -OCH3 is 1. The molecule has 0 aromatic heterocycles. The average Bonchev–Trinajstić information content (AvgIpc) is 3.22. The molecule has 1 nitrogen and oxygen atoms in total. The summed E-state index contributed by atoms with van der Waals surface area (Å²) < 4.78 is 33.5. The van der Waals surface area contributed by atoms with Gasteiger partial charge in [0.15, 0.2) is 0 Å². The molecule has 0 amide bonds. The van der Waals surface area contributed by atoms with Gasteiger partial charge in [-0.2, -0.15) is 0 Å². The zero-order chi connectivity index (χ0) is 14.6. The monoisotopic (exact) mass is 288 g/mol. The van der Waals surface area contributed by atoms with Crippen molar-refractivity contribution in [1.82, 2.24) is 0 Å². The van der Waals surface area contributed by atoms with Crippen molar-refractivity contribution in [2.24, 2.45) is 11.8 Å². The van der Waals surface area contributed by atoms with Crippen LogP contribution in [0, 0.1) is 23.5 Å². The molecule has 3 aliphatic rings. The minimum atomic E-state index is -0.465. The summed E-state index contributed by atoms with van der Waals surface area (Å²) in [4.78, 5) is 0. The number of hydrogen-bond donors (Lipinski definition) is 0. The molecule has 1 saturated carbocycles. The molecular weight excluding hydrogens is 270 g/mol. The van der Waals surface area contributed by atoms with Gasteiger partial charge in [-0.1, -0.05) is 0 Å². The van der Waals surface area contributed by atoms with E-state index in [1.807, 2.05) is 6.08 Å². The molecule has 0 spiro atoms. The molecule has 3 unspecified atom stereocenters. The Labute approximate surface area is 123 Å². The molecule has 3 heteroatoms. The maximum Gasteiger partial charge on any atom is 0.133 e. The van der Waals surface area contributed by atoms with E-state index >= 15 is 0 Å². The van der Waals surface area contributed by atoms with Crippen LogP contribution >= 0.6 is 0 Å². The van der Waals surface area contributed by atoms with Crippen molar-refractivity contribution >= 4 is 5.57 Å². The van der Waals surface area contributed by atoms with Crippen molar-refractivity contribution in [2.45, 2.75) is 31.6 Å². The first-order valence-electron chi connectivity index (χ1n) is 7.62. The Morgan fingerprint density at radius 3 is 2.86 bits per heavy atom. The summed E-state index contributed by atoms with van der Waals surface area (Å²) in [5.74, 6) is 1.16. The SMILES string of the molecule is COC1=CCC2CCC3CC3c3cc(F)cc(F)c3C2=C1. The summed E-state index contributed by atoms with van der Waals surface area (Å²) in [6.07, 6.45) is 8.19. The molecule has 1 aromatic rings. The third kappa shape index (κ3) is 2.10. The van der Waals surface area contributed by atoms with Gasteiger partial charge in [-0.05, 0) is 72.8 Å². The van der Waals surface area contributed by atoms with Crippen LogP contribution in [0.2, 0.25) is 0 Å². The topological polar surface area (TPSA) is 9.23 Å². The third-order valence-corrected chi connectivity index (χ3v) is 5.16. The van der Waals surface area contributed by atoms with Gasteiger partial charge < -0.3 is 4.74 Å². The van der Waals surface area contributed by atoms with Crippen LogP contribution in [0.4, 0.5) is 8.78 Å². The third-order valence-electron chi connectivity index (χ3n) is 5.16. The quantitative estimate of drug-likeness (QED) is 0.721. The first-order valence-corrected chi connectivity index (χ1v) is 7.62. The predicted molar refractivity (Wildman–Crippen MR) is 77.6 cm³/mol. The molecule has 3 aliphatic carbocycles. The highest BCUT2D eigenvalue weighted by molar-refractivity contribution is 5.75. The fourth-order valence-electron chi connectivity index (χ4n) is 3.96. The first kappa shape index (κ1) is 13.1. The highest BCUT2D eigenvalue weighted by Crippen LogP contribution is 2.56. The second-order valence-corrected chi connectivity index (χ2v) is 6.37. The van der Waals surface area contributed by atoms with E-state index in [4.69, 9.17) is 4.74 Å². The Morgan fingerprint density at radius 1 is 1.19 bits per heavy atom. The van der Waals surface area contributed by atoms with E-state index in [-0.39, 0.29) is 0 Å². The second kappa shape index (κ2) is 4.69. The maximum atomic E-state index is 14.5. The van der Waals surface area contributed by atoms with Crippen LogP contribution < -0.4 is 0 Å². The van der Waals surface area contributed by atoms with Gasteiger partial charge in [-0.15, -0.1) is 0 Å². The molecule has 0 bridgehead atoms. The molecule has 4 rings (SSSR count). The molecule has 110 valence electrons. The van der Waals surface area contributed by atoms with Gasteiger partial charge in [0.1, 0.15) is 17.4 Å². The van der Waals surface area contributed by atoms with Crippen molar-refractivity contribution in [3.05, 3.63) is 52.8 Å². The highest BCUT2D eigenvalue weighted by Gasteiger charge is 2.43. The summed E-state index contributed by atoms with van der Waals surface area (Å²) in [7, 11) is 1.63. The van der Waals surface area contributed by atoms with Gasteiger partial charge >= 0.3 is 0 Å². The molecule has 3 atom stereocenters. The normalized spacial score (nSPS) is 30.0. The van der Waals surface area contributed by atoms with Crippen LogP contribution in [0.15, 0.2) is 30.0 Å². The number of allylic oxidation sites excluding steroid dienone is 3. The number of fused-ring (bicyclic) bond motifs is 5. The van der Waals surface area contributed by atoms with E-state index in [0.29, 0.717) is 23.3 Å². The number of ether oxygens (including phenoxy) is 1. The second-order valence-electron chi connectivity index (χ2n) is 6.37. The summed E-state index contributed by atoms with van der Waals surface area (Å²) in [6, 6.07) is 2.55. The smallest absolute Gasteiger partial charge is 0.133 e. The Morgan fingerprint density at radius 2 is 2.05 bits per heavy atom. The summed E-state index contributed by atoms with van der Waals surface area (Å²) in [5.41, 5.74) is 2.49. The van der Waals surface area contributed by atoms with Gasteiger partial charge in [-0.25, -0.2) is 8.78 Å². The lowest BCUT2D eigenvalue weighted by Crippen LogP contribution is -2.14. The van der Waals surface area contributed by atoms with Gasteiger partial charge in [0.25, 0.3) is 0 Å². The largest absolute Gasteiger partial charge is 0.497 e. The van der Waals surface area contributed by atoms with E-state index in [2.05, 4.69) is 6.08 Å². The fourth-order valence-corrected chi connectivity index (χ4v) is 3.96. The lowest BCUT2D eigenvalue weighted by atomic mass is 9.78. The molecule has 1 aromatic carbocycles. The standard InChI is InChI=1S/C18H18F2O/c1-21-13-5-4-10-2-3-11-6-14(11)16-7-12(19)8-17(20)18(16)15(10)9-13/h5,7-11,14H,2-4,6H2,1H3. The van der Waals surface area contributed by atoms with E-state index in [1.165, 1.54) is 6.07 Å². The molecular formula is C18H18F2O. The Kier molecular flexibility index (Phi) is 2.91. The maximum absolute atomic E-state index is 14.5. The Bertz CT molecular complexity index is 659. The van der Waals surface area contributed by atoms with Gasteiger partial charge in [0.05, 0.1) is 7.11 Å². The minimum absolute atomic E-state index is 0.323. The number of halogens is 2. The van der Waals surface area contributed by atoms with E-state index < -0.39 is 11.6 Å². The molecule has 0 aliphatic heterocycles.